The molecule has 0 unspecified atom stereocenters. The van der Waals surface area contributed by atoms with Crippen LogP contribution in [-0.2, 0) is 5.54 Å². The number of hydrogen-bond donors (Lipinski definition) is 2. The van der Waals surface area contributed by atoms with Crippen LogP contribution in [0.3, 0.4) is 0 Å². The summed E-state index contributed by atoms with van der Waals surface area (Å²) in [5.41, 5.74) is 5.38. The molecule has 0 aliphatic carbocycles. The molecule has 0 amide bonds. The van der Waals surface area contributed by atoms with E-state index < -0.39 is 0 Å². The zero-order chi connectivity index (χ0) is 10.9. The van der Waals surface area contributed by atoms with Gasteiger partial charge in [-0.1, -0.05) is 6.92 Å². The van der Waals surface area contributed by atoms with Crippen LogP contribution in [0.15, 0.2) is 4.79 Å². The van der Waals surface area contributed by atoms with E-state index in [1.165, 1.54) is 0 Å². The molecule has 0 spiro atoms. The molecule has 1 aromatic rings. The Morgan fingerprint density at radius 2 is 2.14 bits per heavy atom. The highest BCUT2D eigenvalue weighted by atomic mass is 16.1. The lowest BCUT2D eigenvalue weighted by Crippen LogP contribution is -2.35. The van der Waals surface area contributed by atoms with E-state index in [1.807, 2.05) is 27.7 Å². The molecule has 80 valence electrons. The Bertz CT molecular complexity index is 358. The smallest absolute Gasteiger partial charge is 0.321 e. The number of nitrogens with two attached hydrogens (primary N) is 1. The van der Waals surface area contributed by atoms with Gasteiger partial charge >= 0.3 is 5.69 Å². The van der Waals surface area contributed by atoms with Crippen molar-refractivity contribution in [3.63, 3.8) is 0 Å². The summed E-state index contributed by atoms with van der Waals surface area (Å²) in [4.78, 5) is 11.5. The highest BCUT2D eigenvalue weighted by molar-refractivity contribution is 4.97. The fourth-order valence-electron chi connectivity index (χ4n) is 1.39. The Hall–Kier alpha value is -1.10. The molecule has 14 heavy (non-hydrogen) atoms. The van der Waals surface area contributed by atoms with Gasteiger partial charge in [0.2, 0.25) is 0 Å². The first-order valence-corrected chi connectivity index (χ1v) is 4.81. The van der Waals surface area contributed by atoms with E-state index in [2.05, 4.69) is 10.2 Å². The van der Waals surface area contributed by atoms with Crippen LogP contribution in [0.1, 0.15) is 46.0 Å². The Morgan fingerprint density at radius 1 is 1.57 bits per heavy atom. The quantitative estimate of drug-likeness (QED) is 0.735. The SMILES string of the molecule is CC[C@H](N)c1n[nH]c(=O)n1C(C)(C)C. The summed E-state index contributed by atoms with van der Waals surface area (Å²) in [6.07, 6.45) is 0.764. The Morgan fingerprint density at radius 3 is 2.57 bits per heavy atom. The van der Waals surface area contributed by atoms with Crippen molar-refractivity contribution in [2.45, 2.75) is 45.7 Å². The summed E-state index contributed by atoms with van der Waals surface area (Å²) in [6.45, 7) is 7.83. The van der Waals surface area contributed by atoms with Crippen LogP contribution < -0.4 is 11.4 Å². The van der Waals surface area contributed by atoms with E-state index in [0.29, 0.717) is 5.82 Å². The normalized spacial score (nSPS) is 14.4. The number of nitrogens with one attached hydrogen (secondary N) is 1. The van der Waals surface area contributed by atoms with Gasteiger partial charge in [-0.2, -0.15) is 5.10 Å². The first-order valence-electron chi connectivity index (χ1n) is 4.81. The Balaban J connectivity index is 3.27. The van der Waals surface area contributed by atoms with Crippen molar-refractivity contribution in [2.24, 2.45) is 5.73 Å². The van der Waals surface area contributed by atoms with Crippen LogP contribution in [-0.4, -0.2) is 14.8 Å². The minimum Gasteiger partial charge on any atom is -0.321 e. The zero-order valence-corrected chi connectivity index (χ0v) is 9.16. The topological polar surface area (TPSA) is 76.7 Å². The summed E-state index contributed by atoms with van der Waals surface area (Å²) in [6, 6.07) is -0.187. The average molecular weight is 198 g/mol. The van der Waals surface area contributed by atoms with Crippen LogP contribution in [0, 0.1) is 0 Å². The van der Waals surface area contributed by atoms with Crippen LogP contribution in [0.25, 0.3) is 0 Å². The molecular weight excluding hydrogens is 180 g/mol. The van der Waals surface area contributed by atoms with Crippen LogP contribution in [0.5, 0.6) is 0 Å². The first kappa shape index (κ1) is 11.0. The average Bonchev–Trinajstić information content (AvgIpc) is 2.44. The second kappa shape index (κ2) is 3.57. The van der Waals surface area contributed by atoms with Crippen LogP contribution in [0.4, 0.5) is 0 Å². The van der Waals surface area contributed by atoms with E-state index in [9.17, 15) is 4.79 Å². The second-order valence-electron chi connectivity index (χ2n) is 4.41. The lowest BCUT2D eigenvalue weighted by molar-refractivity contribution is 0.361. The monoisotopic (exact) mass is 198 g/mol. The molecule has 0 aliphatic rings. The molecule has 0 aliphatic heterocycles. The summed E-state index contributed by atoms with van der Waals surface area (Å²) < 4.78 is 1.61. The van der Waals surface area contributed by atoms with Crippen molar-refractivity contribution in [1.29, 1.82) is 0 Å². The maximum atomic E-state index is 11.5. The third kappa shape index (κ3) is 1.87. The molecular formula is C9H18N4O. The third-order valence-electron chi connectivity index (χ3n) is 2.14. The number of aromatic nitrogens is 3. The van der Waals surface area contributed by atoms with Crippen molar-refractivity contribution < 1.29 is 0 Å². The highest BCUT2D eigenvalue weighted by Gasteiger charge is 2.23. The van der Waals surface area contributed by atoms with Crippen molar-refractivity contribution in [2.75, 3.05) is 0 Å². The van der Waals surface area contributed by atoms with Gasteiger partial charge < -0.3 is 5.73 Å². The maximum Gasteiger partial charge on any atom is 0.343 e. The van der Waals surface area contributed by atoms with Crippen LogP contribution >= 0.6 is 0 Å². The molecule has 3 N–H and O–H groups in total. The molecule has 5 heteroatoms. The van der Waals surface area contributed by atoms with Gasteiger partial charge in [0, 0.05) is 5.54 Å². The minimum absolute atomic E-state index is 0.187. The molecule has 0 aromatic carbocycles. The molecule has 0 saturated heterocycles. The molecule has 1 heterocycles. The van der Waals surface area contributed by atoms with Gasteiger partial charge in [0.15, 0.2) is 5.82 Å². The molecule has 5 nitrogen and oxygen atoms in total. The van der Waals surface area contributed by atoms with Gasteiger partial charge in [0.05, 0.1) is 6.04 Å². The molecule has 0 fully saturated rings. The predicted molar refractivity (Wildman–Crippen MR) is 55.1 cm³/mol. The fraction of sp³-hybridized carbons (Fsp3) is 0.778. The Labute approximate surface area is 83.3 Å². The van der Waals surface area contributed by atoms with Crippen molar-refractivity contribution in [1.82, 2.24) is 14.8 Å². The molecule has 0 radical (unpaired) electrons. The maximum absolute atomic E-state index is 11.5. The van der Waals surface area contributed by atoms with Gasteiger partial charge in [-0.05, 0) is 27.2 Å². The third-order valence-corrected chi connectivity index (χ3v) is 2.14. The lowest BCUT2D eigenvalue weighted by Gasteiger charge is -2.23. The van der Waals surface area contributed by atoms with E-state index in [1.54, 1.807) is 4.57 Å². The van der Waals surface area contributed by atoms with E-state index >= 15 is 0 Å². The van der Waals surface area contributed by atoms with E-state index in [-0.39, 0.29) is 17.3 Å². The molecule has 0 bridgehead atoms. The van der Waals surface area contributed by atoms with E-state index in [4.69, 9.17) is 5.73 Å². The number of hydrogen-bond acceptors (Lipinski definition) is 3. The van der Waals surface area contributed by atoms with Crippen molar-refractivity contribution in [3.05, 3.63) is 16.3 Å². The summed E-state index contributed by atoms with van der Waals surface area (Å²) in [7, 11) is 0. The summed E-state index contributed by atoms with van der Waals surface area (Å²) in [5.74, 6) is 0.630. The molecule has 1 rings (SSSR count). The predicted octanol–water partition coefficient (Wildman–Crippen LogP) is 0.736. The number of aromatic amines is 1. The lowest BCUT2D eigenvalue weighted by atomic mass is 10.1. The van der Waals surface area contributed by atoms with Gasteiger partial charge in [-0.3, -0.25) is 4.57 Å². The first-order chi connectivity index (χ1) is 6.38. The van der Waals surface area contributed by atoms with Gasteiger partial charge in [-0.25, -0.2) is 9.89 Å². The van der Waals surface area contributed by atoms with Crippen LogP contribution in [0.2, 0.25) is 0 Å². The fourth-order valence-corrected chi connectivity index (χ4v) is 1.39. The highest BCUT2D eigenvalue weighted by Crippen LogP contribution is 2.17. The van der Waals surface area contributed by atoms with Gasteiger partial charge in [0.25, 0.3) is 0 Å². The zero-order valence-electron chi connectivity index (χ0n) is 9.16. The molecule has 1 aromatic heterocycles. The summed E-state index contributed by atoms with van der Waals surface area (Å²) in [5, 5.41) is 6.39. The number of rotatable bonds is 2. The summed E-state index contributed by atoms with van der Waals surface area (Å²) >= 11 is 0. The number of nitrogens with zero attached hydrogens (tertiary/aromatic N) is 2. The standard InChI is InChI=1S/C9H18N4O/c1-5-6(10)7-11-12-8(14)13(7)9(2,3)4/h6H,5,10H2,1-4H3,(H,12,14)/t6-/m0/s1. The van der Waals surface area contributed by atoms with Gasteiger partial charge in [-0.15, -0.1) is 0 Å². The Kier molecular flexibility index (Phi) is 2.80. The number of H-pyrrole nitrogens is 1. The minimum atomic E-state index is -0.286. The second-order valence-corrected chi connectivity index (χ2v) is 4.41. The van der Waals surface area contributed by atoms with Crippen molar-refractivity contribution in [3.8, 4) is 0 Å². The molecule has 1 atom stereocenters. The largest absolute Gasteiger partial charge is 0.343 e. The molecule has 0 saturated carbocycles. The van der Waals surface area contributed by atoms with Crippen molar-refractivity contribution >= 4 is 0 Å². The van der Waals surface area contributed by atoms with E-state index in [0.717, 1.165) is 6.42 Å². The van der Waals surface area contributed by atoms with Gasteiger partial charge in [0.1, 0.15) is 0 Å².